The lowest BCUT2D eigenvalue weighted by Gasteiger charge is -2.16. The molecule has 0 aliphatic carbocycles. The molecule has 1 heterocycles. The molecule has 1 aromatic carbocycles. The van der Waals surface area contributed by atoms with Crippen LogP contribution in [0.25, 0.3) is 10.9 Å². The molecule has 0 spiro atoms. The molecule has 2 heteroatoms. The molecule has 2 aromatic rings. The maximum absolute atomic E-state index is 4.91. The van der Waals surface area contributed by atoms with E-state index in [4.69, 9.17) is 4.99 Å². The first-order valence-electron chi connectivity index (χ1n) is 7.62. The van der Waals surface area contributed by atoms with Crippen molar-refractivity contribution < 1.29 is 0 Å². The summed E-state index contributed by atoms with van der Waals surface area (Å²) in [5.41, 5.74) is 3.78. The second kappa shape index (κ2) is 5.82. The summed E-state index contributed by atoms with van der Waals surface area (Å²) in [6.07, 6.45) is 4.33. The number of benzene rings is 1. The Kier molecular flexibility index (Phi) is 4.32. The van der Waals surface area contributed by atoms with Crippen molar-refractivity contribution in [1.82, 2.24) is 4.57 Å². The fraction of sp³-hybridized carbons (Fsp3) is 0.500. The molecule has 0 saturated carbocycles. The summed E-state index contributed by atoms with van der Waals surface area (Å²) in [7, 11) is 0. The van der Waals surface area contributed by atoms with E-state index in [0.29, 0.717) is 0 Å². The van der Waals surface area contributed by atoms with E-state index < -0.39 is 0 Å². The van der Waals surface area contributed by atoms with E-state index in [2.05, 4.69) is 69.6 Å². The first-order valence-corrected chi connectivity index (χ1v) is 7.62. The fourth-order valence-corrected chi connectivity index (χ4v) is 2.56. The highest BCUT2D eigenvalue weighted by Crippen LogP contribution is 2.21. The molecule has 2 nitrogen and oxygen atoms in total. The molecule has 1 aromatic heterocycles. The zero-order valence-electron chi connectivity index (χ0n) is 13.4. The van der Waals surface area contributed by atoms with Crippen LogP contribution >= 0.6 is 0 Å². The van der Waals surface area contributed by atoms with Gasteiger partial charge in [0.25, 0.3) is 0 Å². The molecule has 0 N–H and O–H groups in total. The van der Waals surface area contributed by atoms with Crippen molar-refractivity contribution in [2.45, 2.75) is 59.5 Å². The van der Waals surface area contributed by atoms with Gasteiger partial charge in [0.2, 0.25) is 0 Å². The van der Waals surface area contributed by atoms with Gasteiger partial charge in [-0.25, -0.2) is 0 Å². The highest BCUT2D eigenvalue weighted by molar-refractivity contribution is 6.03. The fourth-order valence-electron chi connectivity index (χ4n) is 2.56. The normalized spacial score (nSPS) is 13.2. The second-order valence-electron chi connectivity index (χ2n) is 6.35. The van der Waals surface area contributed by atoms with Crippen molar-refractivity contribution >= 4 is 16.6 Å². The molecule has 0 aliphatic heterocycles. The predicted molar refractivity (Wildman–Crippen MR) is 88.8 cm³/mol. The third-order valence-electron chi connectivity index (χ3n) is 3.40. The summed E-state index contributed by atoms with van der Waals surface area (Å²) < 4.78 is 2.28. The highest BCUT2D eigenvalue weighted by Gasteiger charge is 2.12. The number of fused-ring (bicyclic) bond motifs is 1. The number of aliphatic imine (C=N–C) groups is 1. The quantitative estimate of drug-likeness (QED) is 0.692. The monoisotopic (exact) mass is 270 g/mol. The third kappa shape index (κ3) is 3.30. The smallest absolute Gasteiger partial charge is 0.0527 e. The van der Waals surface area contributed by atoms with Gasteiger partial charge in [0.15, 0.2) is 0 Å². The van der Waals surface area contributed by atoms with Gasteiger partial charge in [-0.2, -0.15) is 0 Å². The minimum atomic E-state index is -0.0190. The van der Waals surface area contributed by atoms with Gasteiger partial charge in [-0.15, -0.1) is 0 Å². The van der Waals surface area contributed by atoms with E-state index >= 15 is 0 Å². The molecular formula is C18H26N2. The minimum absolute atomic E-state index is 0.0190. The Morgan fingerprint density at radius 1 is 1.15 bits per heavy atom. The number of hydrogen-bond acceptors (Lipinski definition) is 1. The molecule has 108 valence electrons. The van der Waals surface area contributed by atoms with Crippen LogP contribution in [0.3, 0.4) is 0 Å². The topological polar surface area (TPSA) is 17.3 Å². The van der Waals surface area contributed by atoms with Crippen LogP contribution in [0.2, 0.25) is 0 Å². The number of nitrogens with zero attached hydrogens (tertiary/aromatic N) is 2. The summed E-state index contributed by atoms with van der Waals surface area (Å²) in [5, 5.41) is 1.31. The lowest BCUT2D eigenvalue weighted by atomic mass is 10.0. The van der Waals surface area contributed by atoms with Crippen LogP contribution in [0.5, 0.6) is 0 Å². The van der Waals surface area contributed by atoms with Crippen molar-refractivity contribution in [3.05, 3.63) is 36.0 Å². The lowest BCUT2D eigenvalue weighted by molar-refractivity contribution is 0.581. The molecule has 0 unspecified atom stereocenters. The van der Waals surface area contributed by atoms with Gasteiger partial charge < -0.3 is 4.57 Å². The van der Waals surface area contributed by atoms with Gasteiger partial charge in [0, 0.05) is 29.4 Å². The van der Waals surface area contributed by atoms with Crippen LogP contribution in [0.15, 0.2) is 35.5 Å². The van der Waals surface area contributed by atoms with Crippen molar-refractivity contribution in [2.75, 3.05) is 0 Å². The Balaban J connectivity index is 2.46. The van der Waals surface area contributed by atoms with Crippen LogP contribution in [-0.2, 0) is 6.54 Å². The standard InChI is InChI=1S/C18H26N2/c1-6-8-16(19-18(3,4)5)14-9-10-17-15(13-14)11-12-20(17)7-2/h9-13H,6-8H2,1-5H3. The van der Waals surface area contributed by atoms with Crippen LogP contribution in [0.1, 0.15) is 53.0 Å². The molecule has 0 radical (unpaired) electrons. The van der Waals surface area contributed by atoms with Crippen molar-refractivity contribution in [1.29, 1.82) is 0 Å². The van der Waals surface area contributed by atoms with Gasteiger partial charge in [-0.05, 0) is 57.9 Å². The van der Waals surface area contributed by atoms with E-state index in [9.17, 15) is 0 Å². The van der Waals surface area contributed by atoms with E-state index in [1.807, 2.05) is 0 Å². The number of aryl methyl sites for hydroxylation is 1. The van der Waals surface area contributed by atoms with E-state index in [1.54, 1.807) is 0 Å². The highest BCUT2D eigenvalue weighted by atomic mass is 14.9. The molecule has 0 atom stereocenters. The molecule has 2 rings (SSSR count). The SMILES string of the molecule is CCCC(=NC(C)(C)C)c1ccc2c(ccn2CC)c1. The molecule has 0 fully saturated rings. The van der Waals surface area contributed by atoms with Crippen molar-refractivity contribution in [3.63, 3.8) is 0 Å². The van der Waals surface area contributed by atoms with Gasteiger partial charge in [-0.3, -0.25) is 4.99 Å². The van der Waals surface area contributed by atoms with Crippen LogP contribution in [-0.4, -0.2) is 15.8 Å². The van der Waals surface area contributed by atoms with E-state index in [-0.39, 0.29) is 5.54 Å². The first kappa shape index (κ1) is 14.8. The summed E-state index contributed by atoms with van der Waals surface area (Å²) in [4.78, 5) is 4.91. The Morgan fingerprint density at radius 3 is 2.50 bits per heavy atom. The zero-order chi connectivity index (χ0) is 14.8. The first-order chi connectivity index (χ1) is 9.44. The Labute approximate surface area is 122 Å². The van der Waals surface area contributed by atoms with Crippen LogP contribution in [0, 0.1) is 0 Å². The maximum atomic E-state index is 4.91. The Hall–Kier alpha value is -1.57. The van der Waals surface area contributed by atoms with Gasteiger partial charge in [-0.1, -0.05) is 19.4 Å². The molecule has 0 aliphatic rings. The van der Waals surface area contributed by atoms with Gasteiger partial charge >= 0.3 is 0 Å². The van der Waals surface area contributed by atoms with Crippen LogP contribution < -0.4 is 0 Å². The van der Waals surface area contributed by atoms with E-state index in [0.717, 1.165) is 19.4 Å². The predicted octanol–water partition coefficient (Wildman–Crippen LogP) is 5.05. The molecule has 0 saturated heterocycles. The average molecular weight is 270 g/mol. The molecular weight excluding hydrogens is 244 g/mol. The summed E-state index contributed by atoms with van der Waals surface area (Å²) in [5.74, 6) is 0. The summed E-state index contributed by atoms with van der Waals surface area (Å²) >= 11 is 0. The summed E-state index contributed by atoms with van der Waals surface area (Å²) in [6, 6.07) is 8.92. The molecule has 0 amide bonds. The molecule has 20 heavy (non-hydrogen) atoms. The summed E-state index contributed by atoms with van der Waals surface area (Å²) in [6.45, 7) is 11.9. The maximum Gasteiger partial charge on any atom is 0.0527 e. The van der Waals surface area contributed by atoms with Crippen molar-refractivity contribution in [2.24, 2.45) is 4.99 Å². The van der Waals surface area contributed by atoms with E-state index in [1.165, 1.54) is 22.2 Å². The van der Waals surface area contributed by atoms with Crippen LogP contribution in [0.4, 0.5) is 0 Å². The molecule has 0 bridgehead atoms. The van der Waals surface area contributed by atoms with Gasteiger partial charge in [0.1, 0.15) is 0 Å². The average Bonchev–Trinajstić information content (AvgIpc) is 2.78. The third-order valence-corrected chi connectivity index (χ3v) is 3.40. The Morgan fingerprint density at radius 2 is 1.90 bits per heavy atom. The second-order valence-corrected chi connectivity index (χ2v) is 6.35. The number of rotatable bonds is 4. The zero-order valence-corrected chi connectivity index (χ0v) is 13.4. The Bertz CT molecular complexity index is 612. The number of aromatic nitrogens is 1. The van der Waals surface area contributed by atoms with Crippen molar-refractivity contribution in [3.8, 4) is 0 Å². The largest absolute Gasteiger partial charge is 0.348 e. The van der Waals surface area contributed by atoms with Gasteiger partial charge in [0.05, 0.1) is 5.54 Å². The number of hydrogen-bond donors (Lipinski definition) is 0. The minimum Gasteiger partial charge on any atom is -0.348 e. The lowest BCUT2D eigenvalue weighted by Crippen LogP contribution is -2.15.